The Bertz CT molecular complexity index is 1890. The minimum absolute atomic E-state index is 0.0287. The third-order valence-corrected chi connectivity index (χ3v) is 20.2. The molecule has 0 aromatic heterocycles. The highest BCUT2D eigenvalue weighted by Crippen LogP contribution is 2.38. The average molecular weight is 1400 g/mol. The topological polar surface area (TPSA) is 111 Å². The summed E-state index contributed by atoms with van der Waals surface area (Å²) in [5.41, 5.74) is 0. The minimum Gasteiger partial charge on any atom is -0.756 e. The number of carbonyl (C=O) groups excluding carboxylic acids is 2. The van der Waals surface area contributed by atoms with Crippen molar-refractivity contribution >= 4 is 19.8 Å². The summed E-state index contributed by atoms with van der Waals surface area (Å²) in [5.74, 6) is -0.809. The molecule has 2 unspecified atom stereocenters. The molecule has 0 N–H and O–H groups in total. The van der Waals surface area contributed by atoms with E-state index in [-0.39, 0.29) is 32.0 Å². The molecule has 0 rings (SSSR count). The third kappa shape index (κ3) is 82.4. The molecule has 0 aromatic rings. The maximum absolute atomic E-state index is 12.9. The monoisotopic (exact) mass is 1390 g/mol. The van der Waals surface area contributed by atoms with Gasteiger partial charge in [-0.2, -0.15) is 0 Å². The molecule has 0 saturated carbocycles. The zero-order valence-electron chi connectivity index (χ0n) is 65.7. The summed E-state index contributed by atoms with van der Waals surface area (Å²) in [6, 6.07) is 0. The predicted octanol–water partition coefficient (Wildman–Crippen LogP) is 28.0. The van der Waals surface area contributed by atoms with Crippen molar-refractivity contribution in [3.63, 3.8) is 0 Å². The summed E-state index contributed by atoms with van der Waals surface area (Å²) >= 11 is 0. The maximum atomic E-state index is 12.9. The number of unbranched alkanes of at least 4 members (excludes halogenated alkanes) is 54. The van der Waals surface area contributed by atoms with E-state index < -0.39 is 26.5 Å². The van der Waals surface area contributed by atoms with E-state index in [4.69, 9.17) is 18.5 Å². The van der Waals surface area contributed by atoms with Gasteiger partial charge in [0.1, 0.15) is 19.8 Å². The fourth-order valence-corrected chi connectivity index (χ4v) is 13.5. The molecule has 0 aliphatic heterocycles. The molecule has 0 amide bonds. The zero-order chi connectivity index (χ0) is 71.1. The first-order valence-corrected chi connectivity index (χ1v) is 44.1. The summed E-state index contributed by atoms with van der Waals surface area (Å²) in [7, 11) is 1.19. The Kier molecular flexibility index (Phi) is 76.5. The van der Waals surface area contributed by atoms with Crippen LogP contribution in [0.15, 0.2) is 72.9 Å². The van der Waals surface area contributed by atoms with E-state index in [1.165, 1.54) is 327 Å². The van der Waals surface area contributed by atoms with Crippen molar-refractivity contribution in [3.8, 4) is 0 Å². The molecular weight excluding hydrogens is 1230 g/mol. The Hall–Kier alpha value is -2.55. The van der Waals surface area contributed by atoms with Crippen LogP contribution in [0.1, 0.15) is 425 Å². The molecule has 574 valence electrons. The highest BCUT2D eigenvalue weighted by atomic mass is 31.2. The van der Waals surface area contributed by atoms with Gasteiger partial charge in [-0.25, -0.2) is 0 Å². The predicted molar refractivity (Wildman–Crippen MR) is 425 cm³/mol. The van der Waals surface area contributed by atoms with Crippen molar-refractivity contribution in [1.29, 1.82) is 0 Å². The second kappa shape index (κ2) is 78.6. The van der Waals surface area contributed by atoms with Crippen LogP contribution in [0.3, 0.4) is 0 Å². The van der Waals surface area contributed by atoms with Crippen molar-refractivity contribution in [2.45, 2.75) is 431 Å². The number of esters is 2. The Labute approximate surface area is 609 Å². The molecule has 2 atom stereocenters. The van der Waals surface area contributed by atoms with Gasteiger partial charge < -0.3 is 27.9 Å². The molecule has 0 aliphatic carbocycles. The minimum atomic E-state index is -4.65. The molecule has 0 aliphatic rings. The number of nitrogens with zero attached hydrogens (tertiary/aromatic N) is 1. The standard InChI is InChI=1S/C88H164NO8P/c1-6-8-10-12-14-16-18-20-22-24-26-28-30-32-34-36-38-40-42-44-46-48-50-52-54-56-58-60-62-64-66-68-70-72-74-76-78-80-87(90)94-84-86(85-96-98(92,93)95-83-82-89(3,4)5)97-88(91)81-79-77-75-73-71-69-67-65-63-61-59-57-55-53-51-49-47-45-43-41-39-37-35-33-31-29-27-25-23-21-19-17-15-13-11-9-7-2/h9,11,15,17,21,23-24,26-27,29,33,35,86H,6-8,10,12-14,16,18-20,22,25,28,30-32,34,36-85H2,1-5H3/b11-9-,17-15-,23-21-,26-24-,29-27-,35-33-. The lowest BCUT2D eigenvalue weighted by Crippen LogP contribution is -2.37. The van der Waals surface area contributed by atoms with Gasteiger partial charge in [0.2, 0.25) is 0 Å². The van der Waals surface area contributed by atoms with Crippen LogP contribution in [0.5, 0.6) is 0 Å². The number of carbonyl (C=O) groups is 2. The summed E-state index contributed by atoms with van der Waals surface area (Å²) < 4.78 is 34.5. The fraction of sp³-hybridized carbons (Fsp3) is 0.841. The van der Waals surface area contributed by atoms with Crippen molar-refractivity contribution in [3.05, 3.63) is 72.9 Å². The first-order valence-electron chi connectivity index (χ1n) is 42.6. The number of rotatable bonds is 80. The van der Waals surface area contributed by atoms with E-state index in [1.54, 1.807) is 0 Å². The highest BCUT2D eigenvalue weighted by molar-refractivity contribution is 7.45. The van der Waals surface area contributed by atoms with Crippen LogP contribution in [-0.4, -0.2) is 70.0 Å². The SMILES string of the molecule is CC/C=C\C/C=C\C/C=C\C/C=C\C/C=C\CCCCCCCCCCCCCCCCCCCCCCCC(=O)OC(COC(=O)CCCCCCCCCCCCCCCCCCCCCCCCCCC/C=C\CCCCCCCCCC)COP(=O)([O-])OCC[N+](C)(C)C. The van der Waals surface area contributed by atoms with Crippen LogP contribution in [0.4, 0.5) is 0 Å². The molecule has 0 bridgehead atoms. The summed E-state index contributed by atoms with van der Waals surface area (Å²) in [5, 5.41) is 0. The van der Waals surface area contributed by atoms with Crippen molar-refractivity contribution in [2.75, 3.05) is 47.5 Å². The average Bonchev–Trinajstić information content (AvgIpc) is 1.08. The van der Waals surface area contributed by atoms with Crippen molar-refractivity contribution < 1.29 is 42.1 Å². The molecule has 0 aromatic carbocycles. The van der Waals surface area contributed by atoms with Crippen LogP contribution in [-0.2, 0) is 32.7 Å². The number of hydrogen-bond acceptors (Lipinski definition) is 8. The lowest BCUT2D eigenvalue weighted by molar-refractivity contribution is -0.870. The Morgan fingerprint density at radius 2 is 0.582 bits per heavy atom. The van der Waals surface area contributed by atoms with Crippen molar-refractivity contribution in [1.82, 2.24) is 0 Å². The molecule has 0 saturated heterocycles. The van der Waals surface area contributed by atoms with Gasteiger partial charge in [0.05, 0.1) is 27.7 Å². The number of likely N-dealkylation sites (N-methyl/N-ethyl adjacent to an activating group) is 1. The van der Waals surface area contributed by atoms with Gasteiger partial charge in [0.25, 0.3) is 7.82 Å². The summed E-state index contributed by atoms with van der Waals surface area (Å²) in [6.07, 6.45) is 108. The van der Waals surface area contributed by atoms with Gasteiger partial charge in [-0.15, -0.1) is 0 Å². The second-order valence-electron chi connectivity index (χ2n) is 30.2. The molecule has 0 radical (unpaired) electrons. The highest BCUT2D eigenvalue weighted by Gasteiger charge is 2.22. The summed E-state index contributed by atoms with van der Waals surface area (Å²) in [4.78, 5) is 38.2. The fourth-order valence-electron chi connectivity index (χ4n) is 12.7. The Morgan fingerprint density at radius 1 is 0.327 bits per heavy atom. The molecule has 0 fully saturated rings. The first-order chi connectivity index (χ1) is 48.0. The van der Waals surface area contributed by atoms with E-state index in [2.05, 4.69) is 86.8 Å². The first kappa shape index (κ1) is 95.5. The number of allylic oxidation sites excluding steroid dienone is 12. The molecule has 98 heavy (non-hydrogen) atoms. The molecule has 9 nitrogen and oxygen atoms in total. The Morgan fingerprint density at radius 3 is 0.878 bits per heavy atom. The molecule has 0 heterocycles. The van der Waals surface area contributed by atoms with Crippen LogP contribution in [0, 0.1) is 0 Å². The number of phosphoric acid groups is 1. The van der Waals surface area contributed by atoms with Gasteiger partial charge in [-0.1, -0.05) is 401 Å². The van der Waals surface area contributed by atoms with Gasteiger partial charge in [0.15, 0.2) is 6.10 Å². The lowest BCUT2D eigenvalue weighted by atomic mass is 10.0. The molecule has 10 heteroatoms. The molecule has 0 spiro atoms. The number of phosphoric ester groups is 1. The lowest BCUT2D eigenvalue weighted by Gasteiger charge is -2.28. The van der Waals surface area contributed by atoms with E-state index in [0.717, 1.165) is 64.2 Å². The van der Waals surface area contributed by atoms with Crippen LogP contribution < -0.4 is 4.89 Å². The largest absolute Gasteiger partial charge is 0.756 e. The quantitative estimate of drug-likeness (QED) is 0.0195. The van der Waals surface area contributed by atoms with Crippen LogP contribution >= 0.6 is 7.82 Å². The number of ether oxygens (including phenoxy) is 2. The second-order valence-corrected chi connectivity index (χ2v) is 31.6. The molecular formula is C88H164NO8P. The summed E-state index contributed by atoms with van der Waals surface area (Å²) in [6.45, 7) is 4.20. The maximum Gasteiger partial charge on any atom is 0.306 e. The van der Waals surface area contributed by atoms with E-state index >= 15 is 0 Å². The van der Waals surface area contributed by atoms with Crippen LogP contribution in [0.2, 0.25) is 0 Å². The third-order valence-electron chi connectivity index (χ3n) is 19.2. The van der Waals surface area contributed by atoms with E-state index in [1.807, 2.05) is 21.1 Å². The van der Waals surface area contributed by atoms with Gasteiger partial charge in [0, 0.05) is 12.8 Å². The zero-order valence-corrected chi connectivity index (χ0v) is 66.6. The normalized spacial score (nSPS) is 13.3. The van der Waals surface area contributed by atoms with Crippen molar-refractivity contribution in [2.24, 2.45) is 0 Å². The van der Waals surface area contributed by atoms with Crippen LogP contribution in [0.25, 0.3) is 0 Å². The van der Waals surface area contributed by atoms with E-state index in [9.17, 15) is 19.0 Å². The number of quaternary nitrogens is 1. The number of hydrogen-bond donors (Lipinski definition) is 0. The van der Waals surface area contributed by atoms with Gasteiger partial charge in [-0.3, -0.25) is 14.2 Å². The smallest absolute Gasteiger partial charge is 0.306 e. The van der Waals surface area contributed by atoms with Gasteiger partial charge in [-0.05, 0) is 83.5 Å². The van der Waals surface area contributed by atoms with E-state index in [0.29, 0.717) is 17.4 Å². The van der Waals surface area contributed by atoms with Gasteiger partial charge >= 0.3 is 11.9 Å². The Balaban J connectivity index is 3.88.